The maximum Gasteiger partial charge on any atom is 0.221 e. The van der Waals surface area contributed by atoms with Crippen LogP contribution in [0.3, 0.4) is 0 Å². The van der Waals surface area contributed by atoms with E-state index in [0.717, 1.165) is 33.2 Å². The Morgan fingerprint density at radius 2 is 2.12 bits per heavy atom. The van der Waals surface area contributed by atoms with Crippen LogP contribution in [0.25, 0.3) is 32.9 Å². The van der Waals surface area contributed by atoms with Gasteiger partial charge in [-0.2, -0.15) is 5.26 Å². The topological polar surface area (TPSA) is 106 Å². The average Bonchev–Trinajstić information content (AvgIpc) is 3.17. The van der Waals surface area contributed by atoms with Crippen molar-refractivity contribution in [2.75, 3.05) is 13.2 Å². The largest absolute Gasteiger partial charge is 0.396 e. The summed E-state index contributed by atoms with van der Waals surface area (Å²) in [5, 5.41) is 20.2. The van der Waals surface area contributed by atoms with E-state index in [1.54, 1.807) is 4.90 Å². The Morgan fingerprint density at radius 1 is 1.27 bits per heavy atom. The highest BCUT2D eigenvalue weighted by Gasteiger charge is 2.24. The Morgan fingerprint density at radius 3 is 2.88 bits per heavy atom. The second-order valence-corrected chi connectivity index (χ2v) is 8.48. The summed E-state index contributed by atoms with van der Waals surface area (Å²) in [6.45, 7) is 1.13. The molecular formula is C26H23FN4O2. The lowest BCUT2D eigenvalue weighted by Crippen LogP contribution is -2.26. The Bertz CT molecular complexity index is 1450. The van der Waals surface area contributed by atoms with Crippen LogP contribution in [-0.2, 0) is 30.6 Å². The van der Waals surface area contributed by atoms with E-state index >= 15 is 4.39 Å². The molecule has 0 fully saturated rings. The van der Waals surface area contributed by atoms with Gasteiger partial charge in [0, 0.05) is 35.0 Å². The van der Waals surface area contributed by atoms with Gasteiger partial charge in [0.25, 0.3) is 0 Å². The molecule has 3 aromatic carbocycles. The summed E-state index contributed by atoms with van der Waals surface area (Å²) in [4.78, 5) is 16.8. The lowest BCUT2D eigenvalue weighted by Gasteiger charge is -2.26. The Kier molecular flexibility index (Phi) is 5.23. The van der Waals surface area contributed by atoms with E-state index in [1.165, 1.54) is 6.07 Å². The fraction of sp³-hybridized carbons (Fsp3) is 0.231. The van der Waals surface area contributed by atoms with Crippen LogP contribution < -0.4 is 5.73 Å². The molecule has 0 saturated heterocycles. The SMILES string of the molecule is N#CN1CCc2c(cccc2-c2c(F)cc(CC(N)=O)c3[nH]c4cc(CCO)ccc4c23)C1. The maximum atomic E-state index is 15.8. The number of amides is 1. The van der Waals surface area contributed by atoms with Crippen LogP contribution in [0, 0.1) is 17.3 Å². The molecule has 6 nitrogen and oxygen atoms in total. The van der Waals surface area contributed by atoms with E-state index < -0.39 is 11.7 Å². The monoisotopic (exact) mass is 442 g/mol. The van der Waals surface area contributed by atoms with E-state index in [1.807, 2.05) is 36.4 Å². The minimum Gasteiger partial charge on any atom is -0.396 e. The zero-order chi connectivity index (χ0) is 23.1. The van der Waals surface area contributed by atoms with Crippen molar-refractivity contribution >= 4 is 27.7 Å². The number of hydrogen-bond donors (Lipinski definition) is 3. The molecular weight excluding hydrogens is 419 g/mol. The Balaban J connectivity index is 1.82. The standard InChI is InChI=1S/C26H23FN4O2/c27-21-11-17(12-23(29)33)26-25(20-5-4-15(7-9-32)10-22(20)30-26)24(21)19-3-1-2-16-13-31(14-28)8-6-18(16)19/h1-5,10-11,30,32H,6-9,12-13H2,(H2,29,33). The number of nitriles is 1. The van der Waals surface area contributed by atoms with Crippen LogP contribution in [0.5, 0.6) is 0 Å². The number of nitrogens with two attached hydrogens (primary N) is 1. The minimum atomic E-state index is -0.531. The second-order valence-electron chi connectivity index (χ2n) is 8.48. The summed E-state index contributed by atoms with van der Waals surface area (Å²) in [6.07, 6.45) is 3.28. The van der Waals surface area contributed by atoms with Crippen molar-refractivity contribution in [3.63, 3.8) is 0 Å². The molecule has 2 heterocycles. The molecule has 0 atom stereocenters. The van der Waals surface area contributed by atoms with Gasteiger partial charge in [0.1, 0.15) is 5.82 Å². The van der Waals surface area contributed by atoms with Crippen molar-refractivity contribution < 1.29 is 14.3 Å². The van der Waals surface area contributed by atoms with Crippen LogP contribution in [0.15, 0.2) is 42.5 Å². The van der Waals surface area contributed by atoms with Gasteiger partial charge in [-0.25, -0.2) is 4.39 Å². The number of rotatable bonds is 5. The average molecular weight is 442 g/mol. The highest BCUT2D eigenvalue weighted by Crippen LogP contribution is 2.41. The number of fused-ring (bicyclic) bond motifs is 4. The number of aromatic amines is 1. The molecule has 0 radical (unpaired) electrons. The smallest absolute Gasteiger partial charge is 0.221 e. The summed E-state index contributed by atoms with van der Waals surface area (Å²) in [7, 11) is 0. The van der Waals surface area contributed by atoms with Gasteiger partial charge in [0.15, 0.2) is 6.19 Å². The van der Waals surface area contributed by atoms with Crippen molar-refractivity contribution in [1.82, 2.24) is 9.88 Å². The fourth-order valence-electron chi connectivity index (χ4n) is 4.97. The van der Waals surface area contributed by atoms with Crippen molar-refractivity contribution in [2.24, 2.45) is 5.73 Å². The number of benzene rings is 3. The van der Waals surface area contributed by atoms with Crippen molar-refractivity contribution in [3.05, 3.63) is 70.5 Å². The summed E-state index contributed by atoms with van der Waals surface area (Å²) in [6, 6.07) is 13.0. The van der Waals surface area contributed by atoms with Crippen molar-refractivity contribution in [3.8, 4) is 17.3 Å². The maximum absolute atomic E-state index is 15.8. The molecule has 1 aliphatic rings. The van der Waals surface area contributed by atoms with E-state index in [-0.39, 0.29) is 13.0 Å². The second kappa shape index (κ2) is 8.23. The minimum absolute atomic E-state index is 0.0361. The number of nitrogens with one attached hydrogen (secondary N) is 1. The first-order valence-corrected chi connectivity index (χ1v) is 10.9. The fourth-order valence-corrected chi connectivity index (χ4v) is 4.97. The number of halogens is 1. The summed E-state index contributed by atoms with van der Waals surface area (Å²) in [5.41, 5.74) is 11.8. The molecule has 1 aliphatic heterocycles. The molecule has 166 valence electrons. The zero-order valence-electron chi connectivity index (χ0n) is 18.0. The highest BCUT2D eigenvalue weighted by molar-refractivity contribution is 6.16. The van der Waals surface area contributed by atoms with Crippen molar-refractivity contribution in [1.29, 1.82) is 5.26 Å². The Labute approximate surface area is 190 Å². The van der Waals surface area contributed by atoms with Gasteiger partial charge in [-0.1, -0.05) is 30.3 Å². The molecule has 1 amide bonds. The lowest BCUT2D eigenvalue weighted by molar-refractivity contribution is -0.117. The zero-order valence-corrected chi connectivity index (χ0v) is 18.0. The van der Waals surface area contributed by atoms with Gasteiger partial charge >= 0.3 is 0 Å². The third-order valence-corrected chi connectivity index (χ3v) is 6.42. The van der Waals surface area contributed by atoms with E-state index in [2.05, 4.69) is 11.2 Å². The number of carbonyl (C=O) groups excluding carboxylic acids is 1. The molecule has 4 N–H and O–H groups in total. The van der Waals surface area contributed by atoms with Gasteiger partial charge in [0.2, 0.25) is 5.91 Å². The summed E-state index contributed by atoms with van der Waals surface area (Å²) in [5.74, 6) is -0.938. The number of aromatic nitrogens is 1. The van der Waals surface area contributed by atoms with Crippen molar-refractivity contribution in [2.45, 2.75) is 25.8 Å². The van der Waals surface area contributed by atoms with Crippen LogP contribution in [-0.4, -0.2) is 34.0 Å². The van der Waals surface area contributed by atoms with Crippen LogP contribution in [0.1, 0.15) is 22.3 Å². The number of primary amides is 1. The van der Waals surface area contributed by atoms with E-state index in [0.29, 0.717) is 48.0 Å². The normalized spacial score (nSPS) is 13.3. The van der Waals surface area contributed by atoms with Gasteiger partial charge in [-0.05, 0) is 52.8 Å². The van der Waals surface area contributed by atoms with E-state index in [9.17, 15) is 15.2 Å². The van der Waals surface area contributed by atoms with E-state index in [4.69, 9.17) is 5.73 Å². The molecule has 0 unspecified atom stereocenters. The molecule has 0 saturated carbocycles. The first kappa shape index (κ1) is 21.0. The molecule has 33 heavy (non-hydrogen) atoms. The van der Waals surface area contributed by atoms with Gasteiger partial charge in [-0.15, -0.1) is 0 Å². The highest BCUT2D eigenvalue weighted by atomic mass is 19.1. The van der Waals surface area contributed by atoms with Gasteiger partial charge < -0.3 is 20.7 Å². The van der Waals surface area contributed by atoms with Crippen LogP contribution in [0.4, 0.5) is 4.39 Å². The molecule has 5 rings (SSSR count). The number of nitrogens with zero attached hydrogens (tertiary/aromatic N) is 2. The molecule has 0 bridgehead atoms. The van der Waals surface area contributed by atoms with Crippen LogP contribution in [0.2, 0.25) is 0 Å². The first-order chi connectivity index (χ1) is 16.0. The quantitative estimate of drug-likeness (QED) is 0.411. The lowest BCUT2D eigenvalue weighted by atomic mass is 9.87. The molecule has 0 aliphatic carbocycles. The van der Waals surface area contributed by atoms with Gasteiger partial charge in [-0.3, -0.25) is 4.79 Å². The predicted octanol–water partition coefficient (Wildman–Crippen LogP) is 3.53. The number of carbonyl (C=O) groups is 1. The summed E-state index contributed by atoms with van der Waals surface area (Å²) < 4.78 is 15.8. The molecule has 1 aromatic heterocycles. The predicted molar refractivity (Wildman–Crippen MR) is 125 cm³/mol. The molecule has 0 spiro atoms. The first-order valence-electron chi connectivity index (χ1n) is 10.9. The third-order valence-electron chi connectivity index (χ3n) is 6.42. The number of hydrogen-bond acceptors (Lipinski definition) is 4. The van der Waals surface area contributed by atoms with Crippen LogP contribution >= 0.6 is 0 Å². The molecule has 7 heteroatoms. The third kappa shape index (κ3) is 3.59. The molecule has 4 aromatic rings. The summed E-state index contributed by atoms with van der Waals surface area (Å²) >= 11 is 0. The number of aliphatic hydroxyl groups excluding tert-OH is 1. The van der Waals surface area contributed by atoms with Gasteiger partial charge in [0.05, 0.1) is 18.5 Å². The number of aliphatic hydroxyl groups is 1. The number of H-pyrrole nitrogens is 1. The Hall–Kier alpha value is -3.89.